The molecule has 1 amide bonds. The lowest BCUT2D eigenvalue weighted by atomic mass is 9.91. The van der Waals surface area contributed by atoms with Crippen LogP contribution in [0.5, 0.6) is 0 Å². The molecule has 3 atom stereocenters. The molecule has 0 saturated carbocycles. The van der Waals surface area contributed by atoms with Gasteiger partial charge in [0.2, 0.25) is 5.18 Å². The van der Waals surface area contributed by atoms with E-state index in [1.165, 1.54) is 0 Å². The number of carbonyl (C=O) groups excluding carboxylic acids is 1. The number of nitrogens with zero attached hydrogens (tertiary/aromatic N) is 1. The summed E-state index contributed by atoms with van der Waals surface area (Å²) in [5.41, 5.74) is 14.5. The van der Waals surface area contributed by atoms with Gasteiger partial charge in [0.05, 0.1) is 6.10 Å². The minimum absolute atomic E-state index is 0.207. The quantitative estimate of drug-likeness (QED) is 0.284. The van der Waals surface area contributed by atoms with Gasteiger partial charge in [-0.3, -0.25) is 15.4 Å². The Bertz CT molecular complexity index is 529. The van der Waals surface area contributed by atoms with Crippen molar-refractivity contribution in [3.63, 3.8) is 0 Å². The van der Waals surface area contributed by atoms with Crippen molar-refractivity contribution in [3.05, 3.63) is 35.9 Å². The molecule has 0 bridgehead atoms. The Morgan fingerprint density at radius 1 is 1.46 bits per heavy atom. The number of methoxy groups -OCH3 is 1. The van der Waals surface area contributed by atoms with E-state index in [9.17, 15) is 4.79 Å². The van der Waals surface area contributed by atoms with E-state index in [1.54, 1.807) is 31.4 Å². The van der Waals surface area contributed by atoms with E-state index in [0.29, 0.717) is 25.1 Å². The molecular formula is C16H25ClN4O3. The molecule has 7 nitrogen and oxygen atoms in total. The van der Waals surface area contributed by atoms with Crippen LogP contribution in [0.3, 0.4) is 0 Å². The topological polar surface area (TPSA) is 103 Å². The molecule has 1 aliphatic rings. The number of carbonyl (C=O) groups is 1. The molecule has 0 spiro atoms. The molecule has 0 radical (unpaired) electrons. The molecule has 24 heavy (non-hydrogen) atoms. The molecule has 1 saturated heterocycles. The molecule has 1 aromatic carbocycles. The first kappa shape index (κ1) is 19.1. The Hall–Kier alpha value is -1.22. The largest absolute Gasteiger partial charge is 0.380 e. The van der Waals surface area contributed by atoms with Crippen LogP contribution in [-0.2, 0) is 9.57 Å². The second-order valence-corrected chi connectivity index (χ2v) is 6.45. The number of halogens is 1. The molecule has 1 aromatic rings. The van der Waals surface area contributed by atoms with Gasteiger partial charge in [-0.2, -0.15) is 0 Å². The predicted molar refractivity (Wildman–Crippen MR) is 92.2 cm³/mol. The number of nitrogens with two attached hydrogens (primary N) is 2. The summed E-state index contributed by atoms with van der Waals surface area (Å²) in [7, 11) is 1.61. The van der Waals surface area contributed by atoms with Crippen LogP contribution in [-0.4, -0.2) is 55.4 Å². The van der Waals surface area contributed by atoms with Gasteiger partial charge in [-0.15, -0.1) is 0 Å². The normalized spacial score (nSPS) is 24.3. The second-order valence-electron chi connectivity index (χ2n) is 5.86. The summed E-state index contributed by atoms with van der Waals surface area (Å²) in [6.45, 7) is 2.83. The third-order valence-corrected chi connectivity index (χ3v) is 4.59. The van der Waals surface area contributed by atoms with Crippen LogP contribution >= 0.6 is 11.6 Å². The maximum absolute atomic E-state index is 12.1. The first-order valence-corrected chi connectivity index (χ1v) is 8.32. The number of rotatable bonds is 7. The van der Waals surface area contributed by atoms with Crippen LogP contribution < -0.4 is 16.9 Å². The average Bonchev–Trinajstić information content (AvgIpc) is 2.60. The van der Waals surface area contributed by atoms with Crippen LogP contribution in [0.2, 0.25) is 0 Å². The Kier molecular flexibility index (Phi) is 6.97. The summed E-state index contributed by atoms with van der Waals surface area (Å²) >= 11 is 6.36. The van der Waals surface area contributed by atoms with E-state index >= 15 is 0 Å². The van der Waals surface area contributed by atoms with Crippen molar-refractivity contribution in [2.45, 2.75) is 17.7 Å². The zero-order valence-electron chi connectivity index (χ0n) is 13.8. The van der Waals surface area contributed by atoms with Gasteiger partial charge in [0, 0.05) is 38.2 Å². The van der Waals surface area contributed by atoms with Crippen LogP contribution in [0.25, 0.3) is 0 Å². The first-order valence-electron chi connectivity index (χ1n) is 7.94. The number of nitrogens with one attached hydrogen (secondary N) is 1. The molecule has 1 aliphatic heterocycles. The number of hydrogen-bond donors (Lipinski definition) is 3. The lowest BCUT2D eigenvalue weighted by molar-refractivity contribution is -0.125. The fourth-order valence-corrected chi connectivity index (χ4v) is 3.19. The Morgan fingerprint density at radius 3 is 2.79 bits per heavy atom. The molecule has 5 N–H and O–H groups in total. The molecular weight excluding hydrogens is 332 g/mol. The van der Waals surface area contributed by atoms with E-state index in [2.05, 4.69) is 10.4 Å². The monoisotopic (exact) mass is 356 g/mol. The third kappa shape index (κ3) is 4.89. The highest BCUT2D eigenvalue weighted by molar-refractivity contribution is 6.22. The molecule has 2 rings (SSSR count). The van der Waals surface area contributed by atoms with Gasteiger partial charge in [0.25, 0.3) is 5.91 Å². The van der Waals surface area contributed by atoms with Gasteiger partial charge in [-0.25, -0.2) is 10.3 Å². The van der Waals surface area contributed by atoms with E-state index in [0.717, 1.165) is 13.1 Å². The molecule has 134 valence electrons. The summed E-state index contributed by atoms with van der Waals surface area (Å²) in [6.07, 6.45) is 0.473. The SMILES string of the molecule is COC1CN(CCN)CCC1C(N)(Cl)ONC(=O)c1ccccc1. The van der Waals surface area contributed by atoms with Gasteiger partial charge in [-0.05, 0) is 25.1 Å². The summed E-state index contributed by atoms with van der Waals surface area (Å²) in [5.74, 6) is -0.671. The molecule has 8 heteroatoms. The zero-order valence-corrected chi connectivity index (χ0v) is 14.5. The maximum atomic E-state index is 12.1. The van der Waals surface area contributed by atoms with E-state index in [4.69, 9.17) is 32.6 Å². The minimum atomic E-state index is -1.56. The molecule has 3 unspecified atom stereocenters. The van der Waals surface area contributed by atoms with Gasteiger partial charge in [0.15, 0.2) is 0 Å². The highest BCUT2D eigenvalue weighted by atomic mass is 35.5. The van der Waals surface area contributed by atoms with Crippen LogP contribution in [0.1, 0.15) is 16.8 Å². The molecule has 1 fully saturated rings. The lowest BCUT2D eigenvalue weighted by Crippen LogP contribution is -2.58. The van der Waals surface area contributed by atoms with E-state index in [-0.39, 0.29) is 12.0 Å². The van der Waals surface area contributed by atoms with Crippen molar-refractivity contribution in [1.82, 2.24) is 10.4 Å². The number of hydrogen-bond acceptors (Lipinski definition) is 6. The van der Waals surface area contributed by atoms with E-state index in [1.807, 2.05) is 6.07 Å². The van der Waals surface area contributed by atoms with Crippen molar-refractivity contribution in [2.75, 3.05) is 33.3 Å². The van der Waals surface area contributed by atoms with Gasteiger partial charge < -0.3 is 10.5 Å². The highest BCUT2D eigenvalue weighted by Gasteiger charge is 2.44. The third-order valence-electron chi connectivity index (χ3n) is 4.23. The number of likely N-dealkylation sites (tertiary alicyclic amines) is 1. The fourth-order valence-electron chi connectivity index (χ4n) is 2.90. The van der Waals surface area contributed by atoms with Gasteiger partial charge in [-0.1, -0.05) is 29.8 Å². The number of amides is 1. The van der Waals surface area contributed by atoms with Crippen LogP contribution in [0, 0.1) is 5.92 Å². The van der Waals surface area contributed by atoms with Crippen molar-refractivity contribution in [2.24, 2.45) is 17.4 Å². The standard InChI is InChI=1S/C16H25ClN4O3/c1-23-14-11-21(10-8-18)9-7-13(14)16(17,19)24-20-15(22)12-5-3-2-4-6-12/h2-6,13-14H,7-11,18-19H2,1H3,(H,20,22). The van der Waals surface area contributed by atoms with Crippen molar-refractivity contribution in [3.8, 4) is 0 Å². The first-order chi connectivity index (χ1) is 11.5. The highest BCUT2D eigenvalue weighted by Crippen LogP contribution is 2.32. The molecule has 0 aliphatic carbocycles. The van der Waals surface area contributed by atoms with Crippen LogP contribution in [0.4, 0.5) is 0 Å². The fraction of sp³-hybridized carbons (Fsp3) is 0.562. The number of piperidine rings is 1. The van der Waals surface area contributed by atoms with Gasteiger partial charge in [0.1, 0.15) is 0 Å². The maximum Gasteiger partial charge on any atom is 0.274 e. The van der Waals surface area contributed by atoms with Crippen molar-refractivity contribution < 1.29 is 14.4 Å². The molecule has 0 aromatic heterocycles. The second kappa shape index (κ2) is 8.75. The number of ether oxygens (including phenoxy) is 1. The Labute approximate surface area is 147 Å². The Balaban J connectivity index is 1.95. The lowest BCUT2D eigenvalue weighted by Gasteiger charge is -2.42. The predicted octanol–water partition coefficient (Wildman–Crippen LogP) is 0.495. The number of benzene rings is 1. The van der Waals surface area contributed by atoms with Gasteiger partial charge >= 0.3 is 0 Å². The van der Waals surface area contributed by atoms with Crippen molar-refractivity contribution in [1.29, 1.82) is 0 Å². The smallest absolute Gasteiger partial charge is 0.274 e. The zero-order chi connectivity index (χ0) is 17.6. The summed E-state index contributed by atoms with van der Waals surface area (Å²) in [6, 6.07) is 8.70. The summed E-state index contributed by atoms with van der Waals surface area (Å²) in [4.78, 5) is 19.6. The number of alkyl halides is 1. The van der Waals surface area contributed by atoms with E-state index < -0.39 is 11.1 Å². The average molecular weight is 357 g/mol. The van der Waals surface area contributed by atoms with Crippen LogP contribution in [0.15, 0.2) is 30.3 Å². The summed E-state index contributed by atoms with van der Waals surface area (Å²) < 4.78 is 5.52. The number of hydroxylamine groups is 1. The Morgan fingerprint density at radius 2 is 2.17 bits per heavy atom. The summed E-state index contributed by atoms with van der Waals surface area (Å²) in [5, 5.41) is -1.56. The molecule has 1 heterocycles. The minimum Gasteiger partial charge on any atom is -0.380 e. The van der Waals surface area contributed by atoms with Crippen molar-refractivity contribution >= 4 is 17.5 Å².